The normalized spacial score (nSPS) is 22.0. The van der Waals surface area contributed by atoms with Crippen LogP contribution in [0.5, 0.6) is 0 Å². The first-order valence-corrected chi connectivity index (χ1v) is 8.82. The summed E-state index contributed by atoms with van der Waals surface area (Å²) < 4.78 is 0. The van der Waals surface area contributed by atoms with Crippen molar-refractivity contribution < 1.29 is 9.90 Å². The number of urea groups is 1. The van der Waals surface area contributed by atoms with E-state index < -0.39 is 0 Å². The molecule has 0 bridgehead atoms. The van der Waals surface area contributed by atoms with Crippen molar-refractivity contribution in [1.82, 2.24) is 4.90 Å². The van der Waals surface area contributed by atoms with E-state index in [0.29, 0.717) is 0 Å². The molecule has 1 aromatic rings. The number of nitrogens with zero attached hydrogens (tertiary/aromatic N) is 2. The molecule has 1 aromatic carbocycles. The van der Waals surface area contributed by atoms with Crippen LogP contribution in [0.1, 0.15) is 38.5 Å². The van der Waals surface area contributed by atoms with Gasteiger partial charge in [0.15, 0.2) is 0 Å². The first-order valence-electron chi connectivity index (χ1n) is 8.82. The van der Waals surface area contributed by atoms with E-state index in [1.165, 1.54) is 25.7 Å². The van der Waals surface area contributed by atoms with Crippen LogP contribution in [-0.4, -0.2) is 48.3 Å². The number of aliphatic hydroxyl groups is 1. The van der Waals surface area contributed by atoms with E-state index in [1.54, 1.807) is 4.90 Å². The van der Waals surface area contributed by atoms with Crippen LogP contribution in [0.3, 0.4) is 0 Å². The number of anilines is 2. The van der Waals surface area contributed by atoms with E-state index in [2.05, 4.69) is 16.3 Å². The smallest absolute Gasteiger partial charge is 0.322 e. The second-order valence-corrected chi connectivity index (χ2v) is 6.52. The number of benzene rings is 1. The summed E-state index contributed by atoms with van der Waals surface area (Å²) in [6.45, 7) is 2.87. The Morgan fingerprint density at radius 2 is 1.83 bits per heavy atom. The van der Waals surface area contributed by atoms with E-state index in [9.17, 15) is 9.90 Å². The van der Waals surface area contributed by atoms with Crippen molar-refractivity contribution in [1.29, 1.82) is 0 Å². The van der Waals surface area contributed by atoms with Gasteiger partial charge in [0.1, 0.15) is 0 Å². The third-order valence-corrected chi connectivity index (χ3v) is 4.94. The van der Waals surface area contributed by atoms with Gasteiger partial charge >= 0.3 is 6.03 Å². The van der Waals surface area contributed by atoms with Gasteiger partial charge in [-0.25, -0.2) is 4.79 Å². The van der Waals surface area contributed by atoms with Crippen molar-refractivity contribution in [3.05, 3.63) is 24.3 Å². The Bertz CT molecular complexity index is 527. The van der Waals surface area contributed by atoms with Crippen molar-refractivity contribution in [2.75, 3.05) is 36.5 Å². The van der Waals surface area contributed by atoms with E-state index in [4.69, 9.17) is 0 Å². The molecule has 2 amide bonds. The van der Waals surface area contributed by atoms with Crippen molar-refractivity contribution in [2.24, 2.45) is 0 Å². The van der Waals surface area contributed by atoms with Gasteiger partial charge in [-0.15, -0.1) is 0 Å². The van der Waals surface area contributed by atoms with Gasteiger partial charge in [0, 0.05) is 19.6 Å². The molecule has 2 N–H and O–H groups in total. The maximum Gasteiger partial charge on any atom is 0.322 e. The highest BCUT2D eigenvalue weighted by Gasteiger charge is 2.28. The fourth-order valence-electron chi connectivity index (χ4n) is 3.65. The topological polar surface area (TPSA) is 55.8 Å². The summed E-state index contributed by atoms with van der Waals surface area (Å²) in [5.74, 6) is 0. The predicted molar refractivity (Wildman–Crippen MR) is 93.0 cm³/mol. The molecule has 1 atom stereocenters. The molecule has 0 radical (unpaired) electrons. The highest BCUT2D eigenvalue weighted by Crippen LogP contribution is 2.29. The SMILES string of the molecule is O=C(Nc1ccccc1N1CCCCCC1)N1CCCC1CO. The van der Waals surface area contributed by atoms with Crippen molar-refractivity contribution in [2.45, 2.75) is 44.6 Å². The number of amides is 2. The second-order valence-electron chi connectivity index (χ2n) is 6.52. The van der Waals surface area contributed by atoms with Gasteiger partial charge in [-0.05, 0) is 37.8 Å². The Kier molecular flexibility index (Phi) is 5.39. The monoisotopic (exact) mass is 317 g/mol. The minimum Gasteiger partial charge on any atom is -0.394 e. The number of aliphatic hydroxyl groups excluding tert-OH is 1. The van der Waals surface area contributed by atoms with Crippen molar-refractivity contribution in [3.63, 3.8) is 0 Å². The standard InChI is InChI=1S/C18H27N3O2/c22-14-15-8-7-13-21(15)18(23)19-16-9-3-4-10-17(16)20-11-5-1-2-6-12-20/h3-4,9-10,15,22H,1-2,5-8,11-14H2,(H,19,23). The molecule has 23 heavy (non-hydrogen) atoms. The van der Waals surface area contributed by atoms with Crippen LogP contribution in [0.15, 0.2) is 24.3 Å². The summed E-state index contributed by atoms with van der Waals surface area (Å²) in [6, 6.07) is 7.92. The molecule has 126 valence electrons. The molecule has 2 fully saturated rings. The summed E-state index contributed by atoms with van der Waals surface area (Å²) >= 11 is 0. The van der Waals surface area contributed by atoms with Gasteiger partial charge in [-0.3, -0.25) is 0 Å². The molecule has 0 aliphatic carbocycles. The third kappa shape index (κ3) is 3.78. The van der Waals surface area contributed by atoms with Crippen molar-refractivity contribution >= 4 is 17.4 Å². The van der Waals surface area contributed by atoms with E-state index >= 15 is 0 Å². The Morgan fingerprint density at radius 1 is 1.09 bits per heavy atom. The molecule has 5 nitrogen and oxygen atoms in total. The van der Waals surface area contributed by atoms with Crippen LogP contribution in [0.25, 0.3) is 0 Å². The maximum atomic E-state index is 12.6. The molecule has 2 aliphatic rings. The second kappa shape index (κ2) is 7.68. The quantitative estimate of drug-likeness (QED) is 0.901. The molecule has 0 spiro atoms. The molecule has 0 aromatic heterocycles. The number of nitrogens with one attached hydrogen (secondary N) is 1. The summed E-state index contributed by atoms with van der Waals surface area (Å²) in [6.07, 6.45) is 6.85. The van der Waals surface area contributed by atoms with Gasteiger partial charge in [-0.2, -0.15) is 0 Å². The highest BCUT2D eigenvalue weighted by molar-refractivity contribution is 5.93. The van der Waals surface area contributed by atoms with Gasteiger partial charge in [0.25, 0.3) is 0 Å². The fraction of sp³-hybridized carbons (Fsp3) is 0.611. The molecule has 3 rings (SSSR count). The number of para-hydroxylation sites is 2. The van der Waals surface area contributed by atoms with E-state index in [-0.39, 0.29) is 18.7 Å². The number of likely N-dealkylation sites (tertiary alicyclic amines) is 1. The minimum atomic E-state index is -0.0937. The predicted octanol–water partition coefficient (Wildman–Crippen LogP) is 3.06. The first-order chi connectivity index (χ1) is 11.3. The van der Waals surface area contributed by atoms with Gasteiger partial charge in [0.05, 0.1) is 24.0 Å². The largest absolute Gasteiger partial charge is 0.394 e. The lowest BCUT2D eigenvalue weighted by molar-refractivity contribution is 0.166. The highest BCUT2D eigenvalue weighted by atomic mass is 16.3. The average molecular weight is 317 g/mol. The zero-order valence-corrected chi connectivity index (χ0v) is 13.7. The number of hydrogen-bond donors (Lipinski definition) is 2. The number of carbonyl (C=O) groups is 1. The Hall–Kier alpha value is -1.75. The van der Waals surface area contributed by atoms with Gasteiger partial charge in [0.2, 0.25) is 0 Å². The molecule has 0 saturated carbocycles. The van der Waals surface area contributed by atoms with Crippen LogP contribution in [0.2, 0.25) is 0 Å². The lowest BCUT2D eigenvalue weighted by Gasteiger charge is -2.28. The molecule has 1 unspecified atom stereocenters. The van der Waals surface area contributed by atoms with Crippen LogP contribution in [-0.2, 0) is 0 Å². The Labute approximate surface area is 138 Å². The van der Waals surface area contributed by atoms with Crippen LogP contribution in [0.4, 0.5) is 16.2 Å². The van der Waals surface area contributed by atoms with Crippen LogP contribution < -0.4 is 10.2 Å². The molecule has 2 saturated heterocycles. The molecular formula is C18H27N3O2. The number of hydrogen-bond acceptors (Lipinski definition) is 3. The Balaban J connectivity index is 1.73. The lowest BCUT2D eigenvalue weighted by Crippen LogP contribution is -2.40. The first kappa shape index (κ1) is 16.1. The average Bonchev–Trinajstić information content (AvgIpc) is 2.90. The fourth-order valence-corrected chi connectivity index (χ4v) is 3.65. The zero-order valence-electron chi connectivity index (χ0n) is 13.7. The van der Waals surface area contributed by atoms with Crippen LogP contribution in [0, 0.1) is 0 Å². The molecule has 2 aliphatic heterocycles. The maximum absolute atomic E-state index is 12.6. The summed E-state index contributed by atoms with van der Waals surface area (Å²) in [5, 5.41) is 12.5. The summed E-state index contributed by atoms with van der Waals surface area (Å²) in [7, 11) is 0. The van der Waals surface area contributed by atoms with E-state index in [0.717, 1.165) is 43.9 Å². The zero-order chi connectivity index (χ0) is 16.1. The van der Waals surface area contributed by atoms with E-state index in [1.807, 2.05) is 18.2 Å². The summed E-state index contributed by atoms with van der Waals surface area (Å²) in [5.41, 5.74) is 1.99. The lowest BCUT2D eigenvalue weighted by atomic mass is 10.2. The third-order valence-electron chi connectivity index (χ3n) is 4.94. The van der Waals surface area contributed by atoms with Gasteiger partial charge in [-0.1, -0.05) is 25.0 Å². The van der Waals surface area contributed by atoms with Gasteiger partial charge < -0.3 is 20.2 Å². The Morgan fingerprint density at radius 3 is 2.57 bits per heavy atom. The molecular weight excluding hydrogens is 290 g/mol. The minimum absolute atomic E-state index is 0.0413. The number of carbonyl (C=O) groups excluding carboxylic acids is 1. The molecule has 5 heteroatoms. The van der Waals surface area contributed by atoms with Crippen LogP contribution >= 0.6 is 0 Å². The van der Waals surface area contributed by atoms with Crippen molar-refractivity contribution in [3.8, 4) is 0 Å². The summed E-state index contributed by atoms with van der Waals surface area (Å²) in [4.78, 5) is 16.7. The molecule has 2 heterocycles. The number of rotatable bonds is 3.